The van der Waals surface area contributed by atoms with E-state index >= 15 is 0 Å². The lowest BCUT2D eigenvalue weighted by Gasteiger charge is -2.17. The zero-order valence-corrected chi connectivity index (χ0v) is 15.2. The van der Waals surface area contributed by atoms with Crippen molar-refractivity contribution in [2.45, 2.75) is 37.0 Å². The van der Waals surface area contributed by atoms with Crippen LogP contribution >= 0.6 is 0 Å². The molecule has 2 aliphatic heterocycles. The van der Waals surface area contributed by atoms with Gasteiger partial charge in [0.1, 0.15) is 31.2 Å². The Morgan fingerprint density at radius 2 is 2.21 bits per heavy atom. The van der Waals surface area contributed by atoms with Crippen molar-refractivity contribution in [3.05, 3.63) is 12.7 Å². The predicted octanol–water partition coefficient (Wildman–Crippen LogP) is -0.998. The molecule has 0 radical (unpaired) electrons. The molecule has 0 spiro atoms. The number of carbonyl (C=O) groups excluding carboxylic acids is 1. The van der Waals surface area contributed by atoms with Gasteiger partial charge in [0.15, 0.2) is 23.2 Å². The van der Waals surface area contributed by atoms with Crippen LogP contribution in [0.2, 0.25) is 0 Å². The van der Waals surface area contributed by atoms with Crippen LogP contribution in [0.3, 0.4) is 0 Å². The van der Waals surface area contributed by atoms with Crippen LogP contribution in [0.1, 0.15) is 12.6 Å². The molecule has 4 heterocycles. The summed E-state index contributed by atoms with van der Waals surface area (Å²) in [4.78, 5) is 24.1. The number of hydrogen-bond donors (Lipinski definition) is 4. The standard InChI is InChI=1S/C16H22N6O6/c1-17-16(25)27-5-9-11(23)12(24)15(28-9)22-7-20-10-13(18-6-19-14(10)22)21-8-2-3-26-4-8/h6-9,11-12,15,23-24H,2-5H2,1H3,(H,17,25)(H,18,19,21)/t8-,9?,11?,12?,15?/m1/s1. The number of carbonyl (C=O) groups is 1. The zero-order valence-electron chi connectivity index (χ0n) is 15.2. The zero-order chi connectivity index (χ0) is 19.7. The first-order chi connectivity index (χ1) is 13.6. The number of nitrogens with one attached hydrogen (secondary N) is 2. The van der Waals surface area contributed by atoms with E-state index in [0.717, 1.165) is 6.42 Å². The van der Waals surface area contributed by atoms with E-state index in [1.165, 1.54) is 24.3 Å². The number of aromatic nitrogens is 4. The molecule has 4 rings (SSSR count). The van der Waals surface area contributed by atoms with Gasteiger partial charge in [0.2, 0.25) is 0 Å². The molecule has 0 saturated carbocycles. The number of amides is 1. The van der Waals surface area contributed by atoms with E-state index in [4.69, 9.17) is 14.2 Å². The molecule has 4 unspecified atom stereocenters. The summed E-state index contributed by atoms with van der Waals surface area (Å²) >= 11 is 0. The monoisotopic (exact) mass is 394 g/mol. The predicted molar refractivity (Wildman–Crippen MR) is 94.5 cm³/mol. The summed E-state index contributed by atoms with van der Waals surface area (Å²) in [7, 11) is 1.42. The van der Waals surface area contributed by atoms with Crippen LogP contribution in [-0.4, -0.2) is 87.0 Å². The highest BCUT2D eigenvalue weighted by molar-refractivity contribution is 5.82. The number of anilines is 1. The summed E-state index contributed by atoms with van der Waals surface area (Å²) in [5.41, 5.74) is 0.963. The summed E-state index contributed by atoms with van der Waals surface area (Å²) in [6.45, 7) is 1.08. The van der Waals surface area contributed by atoms with E-state index in [0.29, 0.717) is 30.2 Å². The molecule has 12 nitrogen and oxygen atoms in total. The van der Waals surface area contributed by atoms with Gasteiger partial charge in [-0.05, 0) is 6.42 Å². The first-order valence-electron chi connectivity index (χ1n) is 8.96. The molecular formula is C16H22N6O6. The van der Waals surface area contributed by atoms with E-state index in [1.54, 1.807) is 0 Å². The second-order valence-electron chi connectivity index (χ2n) is 6.65. The third-order valence-electron chi connectivity index (χ3n) is 4.82. The number of rotatable bonds is 5. The molecule has 2 fully saturated rings. The lowest BCUT2D eigenvalue weighted by atomic mass is 10.1. The van der Waals surface area contributed by atoms with Crippen molar-refractivity contribution >= 4 is 23.1 Å². The van der Waals surface area contributed by atoms with Crippen LogP contribution in [0.15, 0.2) is 12.7 Å². The van der Waals surface area contributed by atoms with Crippen molar-refractivity contribution in [1.82, 2.24) is 24.8 Å². The SMILES string of the molecule is CNC(=O)OCC1OC(n2cnc3c(N[C@@H]4CCOC4)ncnc32)C(O)C1O. The van der Waals surface area contributed by atoms with Gasteiger partial charge in [-0.15, -0.1) is 0 Å². The number of imidazole rings is 1. The van der Waals surface area contributed by atoms with E-state index < -0.39 is 30.6 Å². The minimum Gasteiger partial charge on any atom is -0.447 e. The first kappa shape index (κ1) is 18.8. The molecule has 28 heavy (non-hydrogen) atoms. The lowest BCUT2D eigenvalue weighted by molar-refractivity contribution is -0.0531. The van der Waals surface area contributed by atoms with Crippen LogP contribution < -0.4 is 10.6 Å². The molecule has 4 N–H and O–H groups in total. The number of aliphatic hydroxyl groups is 2. The number of aliphatic hydroxyl groups excluding tert-OH is 2. The highest BCUT2D eigenvalue weighted by atomic mass is 16.6. The van der Waals surface area contributed by atoms with E-state index in [9.17, 15) is 15.0 Å². The number of alkyl carbamates (subject to hydrolysis) is 1. The van der Waals surface area contributed by atoms with Crippen molar-refractivity contribution in [2.24, 2.45) is 0 Å². The van der Waals surface area contributed by atoms with Crippen LogP contribution in [0.25, 0.3) is 11.2 Å². The third-order valence-corrected chi connectivity index (χ3v) is 4.82. The molecule has 0 aliphatic carbocycles. The van der Waals surface area contributed by atoms with Crippen LogP contribution in [0, 0.1) is 0 Å². The van der Waals surface area contributed by atoms with Gasteiger partial charge in [-0.3, -0.25) is 4.57 Å². The maximum absolute atomic E-state index is 11.2. The summed E-state index contributed by atoms with van der Waals surface area (Å²) < 4.78 is 17.5. The average molecular weight is 394 g/mol. The Hall–Kier alpha value is -2.54. The van der Waals surface area contributed by atoms with Gasteiger partial charge in [0.05, 0.1) is 19.0 Å². The van der Waals surface area contributed by atoms with Crippen LogP contribution in [-0.2, 0) is 14.2 Å². The fourth-order valence-corrected chi connectivity index (χ4v) is 3.31. The molecular weight excluding hydrogens is 372 g/mol. The Kier molecular flexibility index (Phi) is 5.26. The first-order valence-corrected chi connectivity index (χ1v) is 8.96. The number of ether oxygens (including phenoxy) is 3. The molecule has 2 saturated heterocycles. The quantitative estimate of drug-likeness (QED) is 0.497. The third kappa shape index (κ3) is 3.46. The molecule has 0 bridgehead atoms. The number of hydrogen-bond acceptors (Lipinski definition) is 10. The minimum absolute atomic E-state index is 0.143. The van der Waals surface area contributed by atoms with Crippen molar-refractivity contribution in [1.29, 1.82) is 0 Å². The van der Waals surface area contributed by atoms with Crippen molar-refractivity contribution < 1.29 is 29.2 Å². The molecule has 5 atom stereocenters. The molecule has 1 amide bonds. The largest absolute Gasteiger partial charge is 0.447 e. The second-order valence-corrected chi connectivity index (χ2v) is 6.65. The molecule has 0 aromatic carbocycles. The molecule has 2 aromatic heterocycles. The highest BCUT2D eigenvalue weighted by Gasteiger charge is 2.45. The Bertz CT molecular complexity index is 840. The van der Waals surface area contributed by atoms with Gasteiger partial charge in [-0.2, -0.15) is 0 Å². The van der Waals surface area contributed by atoms with E-state index in [2.05, 4.69) is 25.6 Å². The Morgan fingerprint density at radius 1 is 1.36 bits per heavy atom. The van der Waals surface area contributed by atoms with Crippen molar-refractivity contribution in [3.63, 3.8) is 0 Å². The topological polar surface area (TPSA) is 153 Å². The minimum atomic E-state index is -1.25. The Labute approximate surface area is 159 Å². The maximum atomic E-state index is 11.2. The van der Waals surface area contributed by atoms with Gasteiger partial charge in [0, 0.05) is 13.7 Å². The van der Waals surface area contributed by atoms with Crippen molar-refractivity contribution in [2.75, 3.05) is 32.2 Å². The lowest BCUT2D eigenvalue weighted by Crippen LogP contribution is -2.35. The maximum Gasteiger partial charge on any atom is 0.406 e. The fraction of sp³-hybridized carbons (Fsp3) is 0.625. The van der Waals surface area contributed by atoms with Gasteiger partial charge >= 0.3 is 6.09 Å². The fourth-order valence-electron chi connectivity index (χ4n) is 3.31. The number of fused-ring (bicyclic) bond motifs is 1. The highest BCUT2D eigenvalue weighted by Crippen LogP contribution is 2.32. The van der Waals surface area contributed by atoms with Gasteiger partial charge in [-0.25, -0.2) is 19.7 Å². The van der Waals surface area contributed by atoms with Crippen LogP contribution in [0.5, 0.6) is 0 Å². The summed E-state index contributed by atoms with van der Waals surface area (Å²) in [6, 6.07) is 0.143. The summed E-state index contributed by atoms with van der Waals surface area (Å²) in [6.07, 6.45) is -1.22. The average Bonchev–Trinajstić information content (AvgIpc) is 3.42. The Morgan fingerprint density at radius 3 is 2.96 bits per heavy atom. The van der Waals surface area contributed by atoms with Crippen LogP contribution in [0.4, 0.5) is 10.6 Å². The molecule has 152 valence electrons. The molecule has 2 aromatic rings. The summed E-state index contributed by atoms with van der Waals surface area (Å²) in [5.74, 6) is 0.562. The molecule has 12 heteroatoms. The van der Waals surface area contributed by atoms with E-state index in [-0.39, 0.29) is 12.6 Å². The van der Waals surface area contributed by atoms with E-state index in [1.807, 2.05) is 0 Å². The van der Waals surface area contributed by atoms with Gasteiger partial charge in [0.25, 0.3) is 0 Å². The summed E-state index contributed by atoms with van der Waals surface area (Å²) in [5, 5.41) is 26.3. The van der Waals surface area contributed by atoms with Crippen molar-refractivity contribution in [3.8, 4) is 0 Å². The van der Waals surface area contributed by atoms with Gasteiger partial charge in [-0.1, -0.05) is 0 Å². The second kappa shape index (κ2) is 7.83. The Balaban J connectivity index is 1.54. The smallest absolute Gasteiger partial charge is 0.406 e. The normalized spacial score (nSPS) is 29.9. The van der Waals surface area contributed by atoms with Gasteiger partial charge < -0.3 is 35.1 Å². The number of nitrogens with zero attached hydrogens (tertiary/aromatic N) is 4. The molecule has 2 aliphatic rings.